The summed E-state index contributed by atoms with van der Waals surface area (Å²) in [6.45, 7) is 0. The zero-order valence-corrected chi connectivity index (χ0v) is 9.79. The number of rotatable bonds is 3. The van der Waals surface area contributed by atoms with Gasteiger partial charge in [-0.15, -0.1) is 0 Å². The molecule has 0 unspecified atom stereocenters. The molecule has 0 spiro atoms. The van der Waals surface area contributed by atoms with Gasteiger partial charge >= 0.3 is 0 Å². The quantitative estimate of drug-likeness (QED) is 0.270. The monoisotopic (exact) mass is 250 g/mol. The van der Waals surface area contributed by atoms with E-state index in [0.717, 1.165) is 4.90 Å². The van der Waals surface area contributed by atoms with E-state index in [1.807, 2.05) is 13.2 Å². The van der Waals surface area contributed by atoms with Crippen LogP contribution in [-0.2, 0) is 7.05 Å². The summed E-state index contributed by atoms with van der Waals surface area (Å²) in [7, 11) is 1.83. The summed E-state index contributed by atoms with van der Waals surface area (Å²) in [6, 6.07) is 1.57. The third-order valence-corrected chi connectivity index (χ3v) is 2.72. The molecular weight excluding hydrogens is 240 g/mol. The zero-order valence-electron chi connectivity index (χ0n) is 8.98. The van der Waals surface area contributed by atoms with Crippen molar-refractivity contribution >= 4 is 17.6 Å². The number of aryl methyl sites for hydroxylation is 1. The molecule has 0 aliphatic carbocycles. The van der Waals surface area contributed by atoms with Crippen LogP contribution in [0, 0.1) is 0 Å². The van der Waals surface area contributed by atoms with Gasteiger partial charge in [0.15, 0.2) is 11.0 Å². The number of amidine groups is 1. The predicted octanol–water partition coefficient (Wildman–Crippen LogP) is 0.456. The van der Waals surface area contributed by atoms with Crippen molar-refractivity contribution in [2.24, 2.45) is 17.9 Å². The van der Waals surface area contributed by atoms with E-state index in [2.05, 4.69) is 20.2 Å². The van der Waals surface area contributed by atoms with Crippen LogP contribution in [0.15, 0.2) is 39.9 Å². The molecule has 0 radical (unpaired) electrons. The highest BCUT2D eigenvalue weighted by molar-refractivity contribution is 7.99. The number of hydrogen-bond donors (Lipinski definition) is 2. The topological polar surface area (TPSA) is 102 Å². The van der Waals surface area contributed by atoms with Crippen LogP contribution in [0.3, 0.4) is 0 Å². The lowest BCUT2D eigenvalue weighted by Gasteiger charge is -2.00. The molecule has 0 saturated carbocycles. The molecule has 0 atom stereocenters. The fourth-order valence-corrected chi connectivity index (χ4v) is 1.91. The lowest BCUT2D eigenvalue weighted by atomic mass is 10.4. The van der Waals surface area contributed by atoms with Crippen molar-refractivity contribution in [2.45, 2.75) is 10.1 Å². The normalized spacial score (nSPS) is 11.7. The highest BCUT2D eigenvalue weighted by Gasteiger charge is 2.06. The Labute approximate surface area is 101 Å². The van der Waals surface area contributed by atoms with Crippen molar-refractivity contribution in [2.75, 3.05) is 0 Å². The molecule has 2 heterocycles. The molecule has 0 bridgehead atoms. The van der Waals surface area contributed by atoms with E-state index in [1.54, 1.807) is 23.1 Å². The second-order valence-electron chi connectivity index (χ2n) is 3.16. The van der Waals surface area contributed by atoms with Gasteiger partial charge in [0.1, 0.15) is 5.69 Å². The van der Waals surface area contributed by atoms with Gasteiger partial charge in [-0.25, -0.2) is 9.97 Å². The minimum atomic E-state index is -0.0413. The Morgan fingerprint density at radius 3 is 3.06 bits per heavy atom. The van der Waals surface area contributed by atoms with Crippen LogP contribution in [0.4, 0.5) is 0 Å². The Kier molecular flexibility index (Phi) is 3.24. The maximum Gasteiger partial charge on any atom is 0.193 e. The average Bonchev–Trinajstić information content (AvgIpc) is 2.74. The second-order valence-corrected chi connectivity index (χ2v) is 4.20. The Hall–Kier alpha value is -2.09. The number of aromatic nitrogens is 4. The molecule has 0 amide bonds. The average molecular weight is 250 g/mol. The molecule has 0 saturated heterocycles. The summed E-state index contributed by atoms with van der Waals surface area (Å²) in [5, 5.41) is 16.0. The highest BCUT2D eigenvalue weighted by atomic mass is 32.2. The minimum absolute atomic E-state index is 0.0413. The SMILES string of the molecule is Cn1cc(Sc2nccc(/C(N)=N/O)n2)cn1. The Morgan fingerprint density at radius 1 is 1.59 bits per heavy atom. The molecule has 0 fully saturated rings. The second kappa shape index (κ2) is 4.83. The first-order valence-electron chi connectivity index (χ1n) is 4.66. The number of nitrogens with two attached hydrogens (primary N) is 1. The van der Waals surface area contributed by atoms with Gasteiger partial charge in [0.05, 0.1) is 11.1 Å². The van der Waals surface area contributed by atoms with Crippen molar-refractivity contribution in [1.29, 1.82) is 0 Å². The Balaban J connectivity index is 2.22. The van der Waals surface area contributed by atoms with E-state index in [0.29, 0.717) is 10.9 Å². The summed E-state index contributed by atoms with van der Waals surface area (Å²) in [5.74, 6) is -0.0413. The number of oxime groups is 1. The van der Waals surface area contributed by atoms with Gasteiger partial charge in [0.25, 0.3) is 0 Å². The van der Waals surface area contributed by atoms with Crippen LogP contribution in [0.1, 0.15) is 5.69 Å². The lowest BCUT2D eigenvalue weighted by Crippen LogP contribution is -2.15. The van der Waals surface area contributed by atoms with Gasteiger partial charge in [0.2, 0.25) is 0 Å². The summed E-state index contributed by atoms with van der Waals surface area (Å²) >= 11 is 1.35. The first-order valence-corrected chi connectivity index (χ1v) is 5.48. The molecule has 2 aromatic heterocycles. The van der Waals surface area contributed by atoms with Crippen LogP contribution in [0.25, 0.3) is 0 Å². The van der Waals surface area contributed by atoms with Crippen LogP contribution < -0.4 is 5.73 Å². The van der Waals surface area contributed by atoms with Gasteiger partial charge in [-0.1, -0.05) is 5.16 Å². The summed E-state index contributed by atoms with van der Waals surface area (Å²) in [5.41, 5.74) is 5.83. The first kappa shape index (κ1) is 11.4. The minimum Gasteiger partial charge on any atom is -0.409 e. The van der Waals surface area contributed by atoms with E-state index in [-0.39, 0.29) is 5.84 Å². The molecule has 2 aromatic rings. The smallest absolute Gasteiger partial charge is 0.193 e. The van der Waals surface area contributed by atoms with Crippen molar-refractivity contribution < 1.29 is 5.21 Å². The molecule has 2 rings (SSSR count). The van der Waals surface area contributed by atoms with Crippen LogP contribution in [-0.4, -0.2) is 30.8 Å². The Bertz CT molecular complexity index is 552. The van der Waals surface area contributed by atoms with Gasteiger partial charge in [0, 0.05) is 19.4 Å². The van der Waals surface area contributed by atoms with Crippen molar-refractivity contribution in [3.05, 3.63) is 30.4 Å². The maximum absolute atomic E-state index is 8.55. The fourth-order valence-electron chi connectivity index (χ4n) is 1.14. The lowest BCUT2D eigenvalue weighted by molar-refractivity contribution is 0.318. The van der Waals surface area contributed by atoms with Gasteiger partial charge in [-0.05, 0) is 17.8 Å². The summed E-state index contributed by atoms with van der Waals surface area (Å²) in [4.78, 5) is 9.15. The fraction of sp³-hybridized carbons (Fsp3) is 0.111. The van der Waals surface area contributed by atoms with E-state index in [4.69, 9.17) is 10.9 Å². The predicted molar refractivity (Wildman–Crippen MR) is 61.9 cm³/mol. The van der Waals surface area contributed by atoms with Crippen LogP contribution in [0.2, 0.25) is 0 Å². The number of hydrogen-bond acceptors (Lipinski definition) is 6. The molecular formula is C9H10N6OS. The van der Waals surface area contributed by atoms with Crippen LogP contribution in [0.5, 0.6) is 0 Å². The first-order chi connectivity index (χ1) is 8.19. The Morgan fingerprint density at radius 2 is 2.41 bits per heavy atom. The van der Waals surface area contributed by atoms with Crippen LogP contribution >= 0.6 is 11.8 Å². The zero-order chi connectivity index (χ0) is 12.3. The largest absolute Gasteiger partial charge is 0.409 e. The van der Waals surface area contributed by atoms with E-state index in [1.165, 1.54) is 11.8 Å². The molecule has 7 nitrogen and oxygen atoms in total. The molecule has 0 aliphatic heterocycles. The van der Waals surface area contributed by atoms with Crippen molar-refractivity contribution in [1.82, 2.24) is 19.7 Å². The van der Waals surface area contributed by atoms with E-state index >= 15 is 0 Å². The summed E-state index contributed by atoms with van der Waals surface area (Å²) in [6.07, 6.45) is 5.12. The van der Waals surface area contributed by atoms with Crippen molar-refractivity contribution in [3.63, 3.8) is 0 Å². The van der Waals surface area contributed by atoms with E-state index < -0.39 is 0 Å². The molecule has 88 valence electrons. The summed E-state index contributed by atoms with van der Waals surface area (Å²) < 4.78 is 1.69. The van der Waals surface area contributed by atoms with Gasteiger partial charge in [-0.2, -0.15) is 5.10 Å². The van der Waals surface area contributed by atoms with Gasteiger partial charge < -0.3 is 10.9 Å². The highest BCUT2D eigenvalue weighted by Crippen LogP contribution is 2.23. The standard InChI is InChI=1S/C9H10N6OS/c1-15-5-6(4-12-15)17-9-11-3-2-7(13-9)8(10)14-16/h2-5,16H,1H3,(H2,10,14). The molecule has 0 aromatic carbocycles. The molecule has 17 heavy (non-hydrogen) atoms. The van der Waals surface area contributed by atoms with E-state index in [9.17, 15) is 0 Å². The van der Waals surface area contributed by atoms with Gasteiger partial charge in [-0.3, -0.25) is 4.68 Å². The van der Waals surface area contributed by atoms with Crippen molar-refractivity contribution in [3.8, 4) is 0 Å². The third kappa shape index (κ3) is 2.72. The molecule has 8 heteroatoms. The third-order valence-electron chi connectivity index (χ3n) is 1.89. The molecule has 0 aliphatic rings. The maximum atomic E-state index is 8.55. The molecule has 3 N–H and O–H groups in total. The number of nitrogens with zero attached hydrogens (tertiary/aromatic N) is 5.